The van der Waals surface area contributed by atoms with Crippen molar-refractivity contribution in [1.29, 1.82) is 0 Å². The lowest BCUT2D eigenvalue weighted by Gasteiger charge is -2.03. The van der Waals surface area contributed by atoms with Crippen molar-refractivity contribution in [2.75, 3.05) is 11.1 Å². The molecule has 1 aromatic heterocycles. The lowest BCUT2D eigenvalue weighted by atomic mass is 10.2. The standard InChI is InChI=1S/C13H11Cl2N3OS2/c1-7(2)6-20-13-18-17-12(21-13)16-11(19)9-4-3-8(14)5-10(9)15/h3-5H,1,6H2,2H3,(H,16,17,19). The lowest BCUT2D eigenvalue weighted by Crippen LogP contribution is -2.12. The zero-order chi connectivity index (χ0) is 15.4. The van der Waals surface area contributed by atoms with Crippen LogP contribution in [0.2, 0.25) is 10.0 Å². The molecule has 21 heavy (non-hydrogen) atoms. The quantitative estimate of drug-likeness (QED) is 0.474. The number of rotatable bonds is 5. The summed E-state index contributed by atoms with van der Waals surface area (Å²) in [4.78, 5) is 12.1. The van der Waals surface area contributed by atoms with Gasteiger partial charge in [0.2, 0.25) is 5.13 Å². The topological polar surface area (TPSA) is 54.9 Å². The van der Waals surface area contributed by atoms with Gasteiger partial charge in [0.05, 0.1) is 10.6 Å². The van der Waals surface area contributed by atoms with Gasteiger partial charge >= 0.3 is 0 Å². The van der Waals surface area contributed by atoms with Crippen LogP contribution >= 0.6 is 46.3 Å². The highest BCUT2D eigenvalue weighted by Crippen LogP contribution is 2.27. The summed E-state index contributed by atoms with van der Waals surface area (Å²) < 4.78 is 0.774. The Bertz CT molecular complexity index is 688. The van der Waals surface area contributed by atoms with Gasteiger partial charge in [-0.3, -0.25) is 10.1 Å². The highest BCUT2D eigenvalue weighted by molar-refractivity contribution is 8.01. The molecule has 0 fully saturated rings. The van der Waals surface area contributed by atoms with Gasteiger partial charge in [-0.1, -0.05) is 58.5 Å². The molecule has 0 unspecified atom stereocenters. The molecule has 4 nitrogen and oxygen atoms in total. The summed E-state index contributed by atoms with van der Waals surface area (Å²) in [5.41, 5.74) is 1.39. The molecule has 0 radical (unpaired) electrons. The van der Waals surface area contributed by atoms with Crippen LogP contribution in [0, 0.1) is 0 Å². The second kappa shape index (κ2) is 7.26. The van der Waals surface area contributed by atoms with E-state index >= 15 is 0 Å². The van der Waals surface area contributed by atoms with Crippen molar-refractivity contribution < 1.29 is 4.79 Å². The highest BCUT2D eigenvalue weighted by atomic mass is 35.5. The molecule has 8 heteroatoms. The minimum Gasteiger partial charge on any atom is -0.296 e. The number of benzene rings is 1. The fraction of sp³-hybridized carbons (Fsp3) is 0.154. The summed E-state index contributed by atoms with van der Waals surface area (Å²) in [5, 5.41) is 11.8. The number of amides is 1. The summed E-state index contributed by atoms with van der Waals surface area (Å²) in [7, 11) is 0. The van der Waals surface area contributed by atoms with Crippen molar-refractivity contribution >= 4 is 57.3 Å². The van der Waals surface area contributed by atoms with Gasteiger partial charge in [-0.15, -0.1) is 10.2 Å². The Balaban J connectivity index is 2.04. The average Bonchev–Trinajstić information content (AvgIpc) is 2.83. The summed E-state index contributed by atoms with van der Waals surface area (Å²) in [5.74, 6) is 0.426. The molecule has 0 aliphatic carbocycles. The lowest BCUT2D eigenvalue weighted by molar-refractivity contribution is 0.102. The minimum absolute atomic E-state index is 0.293. The second-order valence-corrected chi connectivity index (χ2v) is 7.24. The number of nitrogens with one attached hydrogen (secondary N) is 1. The maximum absolute atomic E-state index is 12.1. The summed E-state index contributed by atoms with van der Waals surface area (Å²) in [6, 6.07) is 4.70. The van der Waals surface area contributed by atoms with Gasteiger partial charge in [0, 0.05) is 10.8 Å². The molecule has 110 valence electrons. The van der Waals surface area contributed by atoms with Gasteiger partial charge in [-0.25, -0.2) is 0 Å². The maximum atomic E-state index is 12.1. The number of carbonyl (C=O) groups is 1. The van der Waals surface area contributed by atoms with Crippen LogP contribution in [0.15, 0.2) is 34.7 Å². The third-order valence-electron chi connectivity index (χ3n) is 2.24. The van der Waals surface area contributed by atoms with E-state index in [1.165, 1.54) is 29.2 Å². The number of thioether (sulfide) groups is 1. The van der Waals surface area contributed by atoms with Crippen LogP contribution in [-0.4, -0.2) is 21.9 Å². The van der Waals surface area contributed by atoms with Crippen LogP contribution in [0.3, 0.4) is 0 Å². The fourth-order valence-corrected chi connectivity index (χ4v) is 3.43. The Labute approximate surface area is 140 Å². The van der Waals surface area contributed by atoms with Crippen LogP contribution in [0.1, 0.15) is 17.3 Å². The van der Waals surface area contributed by atoms with Crippen molar-refractivity contribution in [2.45, 2.75) is 11.3 Å². The minimum atomic E-state index is -0.343. The predicted octanol–water partition coefficient (Wildman–Crippen LogP) is 4.77. The third kappa shape index (κ3) is 4.71. The molecule has 1 heterocycles. The van der Waals surface area contributed by atoms with Crippen molar-refractivity contribution in [3.05, 3.63) is 46.0 Å². The molecule has 1 aromatic carbocycles. The SMILES string of the molecule is C=C(C)CSc1nnc(NC(=O)c2ccc(Cl)cc2Cl)s1. The van der Waals surface area contributed by atoms with E-state index in [-0.39, 0.29) is 5.91 Å². The number of carbonyl (C=O) groups excluding carboxylic acids is 1. The van der Waals surface area contributed by atoms with Crippen molar-refractivity contribution in [3.8, 4) is 0 Å². The van der Waals surface area contributed by atoms with Crippen LogP contribution in [-0.2, 0) is 0 Å². The largest absolute Gasteiger partial charge is 0.296 e. The second-order valence-electron chi connectivity index (χ2n) is 4.20. The van der Waals surface area contributed by atoms with E-state index in [0.29, 0.717) is 20.7 Å². The third-order valence-corrected chi connectivity index (χ3v) is 5.00. The molecular formula is C13H11Cl2N3OS2. The van der Waals surface area contributed by atoms with Crippen molar-refractivity contribution in [2.24, 2.45) is 0 Å². The highest BCUT2D eigenvalue weighted by Gasteiger charge is 2.13. The normalized spacial score (nSPS) is 10.4. The smallest absolute Gasteiger partial charge is 0.259 e. The van der Waals surface area contributed by atoms with E-state index in [2.05, 4.69) is 22.1 Å². The molecule has 0 saturated carbocycles. The maximum Gasteiger partial charge on any atom is 0.259 e. The van der Waals surface area contributed by atoms with Gasteiger partial charge < -0.3 is 0 Å². The Kier molecular flexibility index (Phi) is 5.64. The van der Waals surface area contributed by atoms with Crippen LogP contribution in [0.4, 0.5) is 5.13 Å². The van der Waals surface area contributed by atoms with Gasteiger partial charge in [0.25, 0.3) is 5.91 Å². The first kappa shape index (κ1) is 16.3. The van der Waals surface area contributed by atoms with Gasteiger partial charge in [-0.2, -0.15) is 0 Å². The first-order valence-corrected chi connectivity index (χ1v) is 8.38. The van der Waals surface area contributed by atoms with Gasteiger partial charge in [-0.05, 0) is 25.1 Å². The van der Waals surface area contributed by atoms with Gasteiger partial charge in [0.15, 0.2) is 4.34 Å². The van der Waals surface area contributed by atoms with Crippen LogP contribution < -0.4 is 5.32 Å². The Morgan fingerprint density at radius 3 is 2.86 bits per heavy atom. The van der Waals surface area contributed by atoms with E-state index in [4.69, 9.17) is 23.2 Å². The number of nitrogens with zero attached hydrogens (tertiary/aromatic N) is 2. The molecule has 0 bridgehead atoms. The van der Waals surface area contributed by atoms with Crippen molar-refractivity contribution in [1.82, 2.24) is 10.2 Å². The Morgan fingerprint density at radius 2 is 2.19 bits per heavy atom. The number of aromatic nitrogens is 2. The summed E-state index contributed by atoms with van der Waals surface area (Å²) >= 11 is 14.6. The molecular weight excluding hydrogens is 349 g/mol. The molecule has 0 atom stereocenters. The molecule has 1 amide bonds. The molecule has 1 N–H and O–H groups in total. The van der Waals surface area contributed by atoms with E-state index in [0.717, 1.165) is 15.7 Å². The van der Waals surface area contributed by atoms with E-state index < -0.39 is 0 Å². The van der Waals surface area contributed by atoms with E-state index in [1.807, 2.05) is 6.92 Å². The molecule has 0 aliphatic heterocycles. The van der Waals surface area contributed by atoms with Crippen molar-refractivity contribution in [3.63, 3.8) is 0 Å². The zero-order valence-corrected chi connectivity index (χ0v) is 14.2. The van der Waals surface area contributed by atoms with Crippen LogP contribution in [0.25, 0.3) is 0 Å². The van der Waals surface area contributed by atoms with Gasteiger partial charge in [0.1, 0.15) is 0 Å². The summed E-state index contributed by atoms with van der Waals surface area (Å²) in [6.07, 6.45) is 0. The molecule has 2 rings (SSSR count). The first-order chi connectivity index (χ1) is 9.95. The van der Waals surface area contributed by atoms with E-state index in [1.54, 1.807) is 12.1 Å². The molecule has 0 saturated heterocycles. The fourth-order valence-electron chi connectivity index (χ4n) is 1.34. The number of hydrogen-bond donors (Lipinski definition) is 1. The number of anilines is 1. The molecule has 0 aliphatic rings. The summed E-state index contributed by atoms with van der Waals surface area (Å²) in [6.45, 7) is 5.77. The Hall–Kier alpha value is -1.08. The monoisotopic (exact) mass is 359 g/mol. The molecule has 0 spiro atoms. The zero-order valence-electron chi connectivity index (χ0n) is 11.0. The molecule has 2 aromatic rings. The number of hydrogen-bond acceptors (Lipinski definition) is 5. The average molecular weight is 360 g/mol. The Morgan fingerprint density at radius 1 is 1.43 bits per heavy atom. The number of halogens is 2. The van der Waals surface area contributed by atoms with Crippen LogP contribution in [0.5, 0.6) is 0 Å². The first-order valence-electron chi connectivity index (χ1n) is 5.83. The van der Waals surface area contributed by atoms with E-state index in [9.17, 15) is 4.79 Å². The predicted molar refractivity (Wildman–Crippen MR) is 89.9 cm³/mol.